The monoisotopic (exact) mass is 646 g/mol. The van der Waals surface area contributed by atoms with Gasteiger partial charge in [0.25, 0.3) is 0 Å². The molecular formula is C28H23BBr2F2O5. The predicted molar refractivity (Wildman–Crippen MR) is 149 cm³/mol. The smallest absolute Gasteiger partial charge is 0.489 e. The minimum absolute atomic E-state index is 0.0686. The summed E-state index contributed by atoms with van der Waals surface area (Å²) in [6.45, 7) is 0.924. The summed E-state index contributed by atoms with van der Waals surface area (Å²) < 4.78 is 36.6. The third-order valence-electron chi connectivity index (χ3n) is 5.30. The molecule has 0 bridgehead atoms. The van der Waals surface area contributed by atoms with Crippen molar-refractivity contribution in [2.75, 3.05) is 0 Å². The molecule has 0 amide bonds. The van der Waals surface area contributed by atoms with Gasteiger partial charge in [-0.1, -0.05) is 58.4 Å². The van der Waals surface area contributed by atoms with Gasteiger partial charge in [-0.3, -0.25) is 4.79 Å². The van der Waals surface area contributed by atoms with E-state index in [1.54, 1.807) is 6.07 Å². The van der Waals surface area contributed by atoms with Crippen LogP contribution in [0, 0.1) is 11.6 Å². The molecule has 4 aromatic rings. The molecule has 0 radical (unpaired) electrons. The Bertz CT molecular complexity index is 1360. The molecule has 0 fully saturated rings. The first kappa shape index (κ1) is 29.7. The first-order chi connectivity index (χ1) is 18.3. The van der Waals surface area contributed by atoms with Crippen molar-refractivity contribution in [3.05, 3.63) is 128 Å². The summed E-state index contributed by atoms with van der Waals surface area (Å²) in [7, 11) is -0.819. The summed E-state index contributed by atoms with van der Waals surface area (Å²) in [6, 6.07) is 23.8. The Labute approximate surface area is 236 Å². The van der Waals surface area contributed by atoms with Crippen molar-refractivity contribution in [2.45, 2.75) is 19.8 Å². The zero-order valence-corrected chi connectivity index (χ0v) is 23.2. The molecule has 0 spiro atoms. The van der Waals surface area contributed by atoms with Crippen LogP contribution in [0.3, 0.4) is 0 Å². The lowest BCUT2D eigenvalue weighted by molar-refractivity contribution is 0.112. The Morgan fingerprint density at radius 2 is 1.61 bits per heavy atom. The number of hydrogen-bond acceptors (Lipinski definition) is 5. The van der Waals surface area contributed by atoms with Crippen LogP contribution in [0.4, 0.5) is 8.78 Å². The van der Waals surface area contributed by atoms with Gasteiger partial charge in [0.1, 0.15) is 24.0 Å². The molecule has 10 heteroatoms. The van der Waals surface area contributed by atoms with Gasteiger partial charge in [0.2, 0.25) is 0 Å². The van der Waals surface area contributed by atoms with Gasteiger partial charge < -0.3 is 19.5 Å². The molecule has 0 atom stereocenters. The maximum absolute atomic E-state index is 12.4. The molecule has 38 heavy (non-hydrogen) atoms. The molecule has 1 aliphatic heterocycles. The Kier molecular flexibility index (Phi) is 11.6. The third kappa shape index (κ3) is 8.85. The highest BCUT2D eigenvalue weighted by atomic mass is 79.9. The van der Waals surface area contributed by atoms with E-state index in [-0.39, 0.29) is 18.2 Å². The van der Waals surface area contributed by atoms with Gasteiger partial charge in [0.15, 0.2) is 6.29 Å². The van der Waals surface area contributed by atoms with Crippen LogP contribution in [-0.2, 0) is 24.5 Å². The number of carbonyl (C=O) groups is 1. The summed E-state index contributed by atoms with van der Waals surface area (Å²) in [5.41, 5.74) is 4.10. The van der Waals surface area contributed by atoms with E-state index in [0.29, 0.717) is 39.6 Å². The number of rotatable bonds is 5. The van der Waals surface area contributed by atoms with Crippen molar-refractivity contribution in [2.24, 2.45) is 0 Å². The van der Waals surface area contributed by atoms with Crippen molar-refractivity contribution < 1.29 is 33.1 Å². The molecule has 1 heterocycles. The molecule has 0 saturated heterocycles. The lowest BCUT2D eigenvalue weighted by Crippen LogP contribution is -2.27. The molecule has 0 aromatic heterocycles. The zero-order chi connectivity index (χ0) is 27.5. The topological polar surface area (TPSA) is 76.0 Å². The van der Waals surface area contributed by atoms with Gasteiger partial charge in [0.05, 0.1) is 13.2 Å². The molecular weight excluding hydrogens is 625 g/mol. The molecule has 0 saturated carbocycles. The van der Waals surface area contributed by atoms with Crippen molar-refractivity contribution in [1.29, 1.82) is 0 Å². The fourth-order valence-electron chi connectivity index (χ4n) is 3.27. The van der Waals surface area contributed by atoms with Gasteiger partial charge >= 0.3 is 7.12 Å². The van der Waals surface area contributed by atoms with Crippen LogP contribution in [-0.4, -0.2) is 23.5 Å². The number of aliphatic hydroxyl groups excluding tert-OH is 1. The molecule has 2 N–H and O–H groups in total. The maximum atomic E-state index is 12.4. The molecule has 0 unspecified atom stereocenters. The second-order valence-corrected chi connectivity index (χ2v) is 9.68. The molecule has 0 aliphatic carbocycles. The molecule has 1 aliphatic rings. The number of aldehydes is 1. The molecule has 5 rings (SSSR count). The van der Waals surface area contributed by atoms with E-state index in [2.05, 4.69) is 31.9 Å². The maximum Gasteiger partial charge on any atom is 0.491 e. The van der Waals surface area contributed by atoms with Gasteiger partial charge in [-0.2, -0.15) is 0 Å². The third-order valence-corrected chi connectivity index (χ3v) is 6.73. The SMILES string of the molecule is O=Cc1ccc(F)cc1Br.OB1OCc2ccc(OCc3ccccc3)cc21.OCc1ccc(F)cc1Br. The minimum atomic E-state index is -0.819. The standard InChI is InChI=1S/C14H13BO3.C7H6BrFO.C7H4BrFO/c16-15-14-8-13(7-6-12(14)10-18-15)17-9-11-4-2-1-3-5-11;2*8-7-3-6(9)2-1-5(7)4-10/h1-8,16H,9-10H2;1-3,10H,4H2;1-4H. The highest BCUT2D eigenvalue weighted by molar-refractivity contribution is 9.10. The Balaban J connectivity index is 0.000000171. The van der Waals surface area contributed by atoms with E-state index in [0.717, 1.165) is 22.3 Å². The van der Waals surface area contributed by atoms with Gasteiger partial charge in [-0.25, -0.2) is 8.78 Å². The van der Waals surface area contributed by atoms with Crippen LogP contribution in [0.1, 0.15) is 27.0 Å². The summed E-state index contributed by atoms with van der Waals surface area (Å²) in [5, 5.41) is 18.3. The second-order valence-electron chi connectivity index (χ2n) is 7.98. The summed E-state index contributed by atoms with van der Waals surface area (Å²) in [6.07, 6.45) is 0.670. The van der Waals surface area contributed by atoms with Crippen LogP contribution in [0.15, 0.2) is 93.9 Å². The summed E-state index contributed by atoms with van der Waals surface area (Å²) >= 11 is 6.14. The Morgan fingerprint density at radius 3 is 2.24 bits per heavy atom. The van der Waals surface area contributed by atoms with Crippen molar-refractivity contribution in [3.63, 3.8) is 0 Å². The fraction of sp³-hybridized carbons (Fsp3) is 0.107. The first-order valence-corrected chi connectivity index (χ1v) is 12.9. The summed E-state index contributed by atoms with van der Waals surface area (Å²) in [5.74, 6) is 0.101. The first-order valence-electron chi connectivity index (χ1n) is 11.3. The van der Waals surface area contributed by atoms with E-state index in [1.165, 1.54) is 30.3 Å². The number of ether oxygens (including phenoxy) is 1. The Morgan fingerprint density at radius 1 is 0.921 bits per heavy atom. The highest BCUT2D eigenvalue weighted by Crippen LogP contribution is 2.18. The highest BCUT2D eigenvalue weighted by Gasteiger charge is 2.27. The van der Waals surface area contributed by atoms with Crippen LogP contribution < -0.4 is 10.2 Å². The quantitative estimate of drug-likeness (QED) is 0.207. The average molecular weight is 648 g/mol. The Hall–Kier alpha value is -2.89. The van der Waals surface area contributed by atoms with Crippen LogP contribution >= 0.6 is 31.9 Å². The zero-order valence-electron chi connectivity index (χ0n) is 20.0. The fourth-order valence-corrected chi connectivity index (χ4v) is 4.19. The van der Waals surface area contributed by atoms with Crippen molar-refractivity contribution >= 4 is 50.7 Å². The average Bonchev–Trinajstić information content (AvgIpc) is 3.29. The van der Waals surface area contributed by atoms with Crippen molar-refractivity contribution in [1.82, 2.24) is 0 Å². The van der Waals surface area contributed by atoms with E-state index in [9.17, 15) is 18.6 Å². The molecule has 4 aromatic carbocycles. The summed E-state index contributed by atoms with van der Waals surface area (Å²) in [4.78, 5) is 10.2. The van der Waals surface area contributed by atoms with E-state index in [1.807, 2.05) is 48.5 Å². The predicted octanol–water partition coefficient (Wildman–Crippen LogP) is 5.96. The number of halogens is 4. The molecule has 196 valence electrons. The molecule has 5 nitrogen and oxygen atoms in total. The van der Waals surface area contributed by atoms with Gasteiger partial charge in [-0.05, 0) is 80.5 Å². The normalized spacial score (nSPS) is 11.5. The van der Waals surface area contributed by atoms with Crippen molar-refractivity contribution in [3.8, 4) is 5.75 Å². The lowest BCUT2D eigenvalue weighted by Gasteiger charge is -2.07. The number of fused-ring (bicyclic) bond motifs is 1. The van der Waals surface area contributed by atoms with Crippen LogP contribution in [0.5, 0.6) is 5.75 Å². The number of hydrogen-bond donors (Lipinski definition) is 2. The van der Waals surface area contributed by atoms with E-state index in [4.69, 9.17) is 14.5 Å². The van der Waals surface area contributed by atoms with Crippen LogP contribution in [0.25, 0.3) is 0 Å². The lowest BCUT2D eigenvalue weighted by atomic mass is 9.79. The number of aliphatic hydroxyl groups is 1. The van der Waals surface area contributed by atoms with E-state index < -0.39 is 7.12 Å². The largest absolute Gasteiger partial charge is 0.491 e. The van der Waals surface area contributed by atoms with Gasteiger partial charge in [-0.15, -0.1) is 0 Å². The van der Waals surface area contributed by atoms with E-state index >= 15 is 0 Å². The second kappa shape index (κ2) is 14.9. The minimum Gasteiger partial charge on any atom is -0.489 e. The number of benzene rings is 4. The van der Waals surface area contributed by atoms with Crippen LogP contribution in [0.2, 0.25) is 0 Å². The van der Waals surface area contributed by atoms with Gasteiger partial charge in [0, 0.05) is 14.5 Å². The number of carbonyl (C=O) groups excluding carboxylic acids is 1.